The number of carboxylic acids is 1. The normalized spacial score (nSPS) is 18.2. The van der Waals surface area contributed by atoms with Crippen LogP contribution in [0.1, 0.15) is 49.2 Å². The molecule has 1 unspecified atom stereocenters. The highest BCUT2D eigenvalue weighted by Gasteiger charge is 2.40. The lowest BCUT2D eigenvalue weighted by Gasteiger charge is -2.30. The molecule has 6 aromatic rings. The van der Waals surface area contributed by atoms with Crippen molar-refractivity contribution in [3.05, 3.63) is 102 Å². The molecular weight excluding hydrogens is 651 g/mol. The van der Waals surface area contributed by atoms with E-state index < -0.39 is 42.1 Å². The number of hydrogen-bond acceptors (Lipinski definition) is 7. The van der Waals surface area contributed by atoms with Gasteiger partial charge in [0, 0.05) is 60.5 Å². The highest BCUT2D eigenvalue weighted by Crippen LogP contribution is 2.40. The predicted octanol–water partition coefficient (Wildman–Crippen LogP) is 6.91. The second kappa shape index (κ2) is 12.7. The van der Waals surface area contributed by atoms with Crippen LogP contribution in [0.5, 0.6) is 17.4 Å². The maximum atomic E-state index is 15.8. The van der Waals surface area contributed by atoms with Gasteiger partial charge in [-0.1, -0.05) is 31.2 Å². The minimum absolute atomic E-state index is 0.0329. The van der Waals surface area contributed by atoms with Gasteiger partial charge in [0.1, 0.15) is 11.4 Å². The summed E-state index contributed by atoms with van der Waals surface area (Å²) in [5.74, 6) is -4.59. The molecule has 2 atom stereocenters. The quantitative estimate of drug-likeness (QED) is 0.205. The molecule has 0 fully saturated rings. The summed E-state index contributed by atoms with van der Waals surface area (Å²) >= 11 is 0. The van der Waals surface area contributed by atoms with Crippen molar-refractivity contribution < 1.29 is 32.5 Å². The number of nitrogens with zero attached hydrogens (tertiary/aromatic N) is 6. The summed E-state index contributed by atoms with van der Waals surface area (Å²) in [5.41, 5.74) is 1.59. The van der Waals surface area contributed by atoms with E-state index in [9.17, 15) is 9.90 Å². The summed E-state index contributed by atoms with van der Waals surface area (Å²) in [6.07, 6.45) is 4.22. The van der Waals surface area contributed by atoms with Gasteiger partial charge in [-0.3, -0.25) is 9.78 Å². The van der Waals surface area contributed by atoms with Crippen LogP contribution in [-0.2, 0) is 30.2 Å². The van der Waals surface area contributed by atoms with Crippen molar-refractivity contribution in [1.82, 2.24) is 34.5 Å². The molecule has 0 amide bonds. The van der Waals surface area contributed by atoms with Gasteiger partial charge in [0.25, 0.3) is 5.92 Å². The number of aromatic nitrogens is 7. The topological polar surface area (TPSA) is 133 Å². The van der Waals surface area contributed by atoms with Crippen LogP contribution >= 0.6 is 0 Å². The van der Waals surface area contributed by atoms with Gasteiger partial charge in [0.2, 0.25) is 5.88 Å². The largest absolute Gasteiger partial charge is 0.481 e. The number of hydrogen-bond donors (Lipinski definition) is 2. The number of aliphatic carboxylic acids is 1. The number of nitrogens with one attached hydrogen (secondary N) is 1. The minimum Gasteiger partial charge on any atom is -0.481 e. The molecule has 0 radical (unpaired) electrons. The maximum absolute atomic E-state index is 15.8. The summed E-state index contributed by atoms with van der Waals surface area (Å²) in [7, 11) is 1.68. The summed E-state index contributed by atoms with van der Waals surface area (Å²) in [4.78, 5) is 23.9. The zero-order valence-electron chi connectivity index (χ0n) is 27.5. The van der Waals surface area contributed by atoms with E-state index in [0.29, 0.717) is 33.5 Å². The van der Waals surface area contributed by atoms with Crippen LogP contribution in [0.25, 0.3) is 22.4 Å². The Kier molecular flexibility index (Phi) is 8.32. The molecule has 2 N–H and O–H groups in total. The van der Waals surface area contributed by atoms with E-state index in [-0.39, 0.29) is 42.6 Å². The van der Waals surface area contributed by atoms with Crippen LogP contribution in [0.2, 0.25) is 0 Å². The maximum Gasteiger partial charge on any atom is 0.306 e. The molecule has 7 rings (SSSR count). The summed E-state index contributed by atoms with van der Waals surface area (Å²) < 4.78 is 62.1. The molecule has 4 bridgehead atoms. The second-order valence-electron chi connectivity index (χ2n) is 12.9. The van der Waals surface area contributed by atoms with Crippen LogP contribution in [0.4, 0.5) is 13.2 Å². The molecule has 4 aromatic heterocycles. The van der Waals surface area contributed by atoms with Crippen LogP contribution in [0.15, 0.2) is 73.2 Å². The third kappa shape index (κ3) is 6.28. The standard InChI is InChI=1S/C36H34F3N7O4/c1-21(33(47)48)15-22-5-4-6-23(16-22)35(2)10-11-36(38,39)20-49-30-9-14-42-46(30)19-26-25-8-13-40-28(25)18-27(37)31(26)50-24-7-12-41-29(17-24)32-43-34(35)44-45(32)3/h4-9,12-14,16-18,21,40H,10-11,15,19-20H2,1-3H3,(H,47,48)/t21-,35?/m1/s1. The zero-order valence-corrected chi connectivity index (χ0v) is 27.5. The van der Waals surface area contributed by atoms with Crippen LogP contribution in [0.3, 0.4) is 0 Å². The Morgan fingerprint density at radius 2 is 1.96 bits per heavy atom. The average Bonchev–Trinajstić information content (AvgIpc) is 3.84. The van der Waals surface area contributed by atoms with Crippen molar-refractivity contribution in [3.63, 3.8) is 0 Å². The molecule has 0 saturated heterocycles. The van der Waals surface area contributed by atoms with Gasteiger partial charge in [0.15, 0.2) is 29.8 Å². The van der Waals surface area contributed by atoms with Crippen LogP contribution < -0.4 is 9.47 Å². The van der Waals surface area contributed by atoms with Gasteiger partial charge >= 0.3 is 5.97 Å². The van der Waals surface area contributed by atoms with E-state index in [2.05, 4.69) is 15.1 Å². The second-order valence-corrected chi connectivity index (χ2v) is 12.9. The SMILES string of the molecule is C[C@H](Cc1cccc(C2(C)CCC(F)(F)COc3ccnn3Cc3c(c(F)cc4[nH]ccc34)Oc3ccnc(c3)-c3nc2nn3C)c1)C(=O)O. The first-order chi connectivity index (χ1) is 23.9. The Labute approximate surface area is 284 Å². The van der Waals surface area contributed by atoms with Crippen molar-refractivity contribution in [3.8, 4) is 28.9 Å². The fraction of sp³-hybridized carbons (Fsp3) is 0.306. The number of aryl methyl sites for hydroxylation is 1. The highest BCUT2D eigenvalue weighted by atomic mass is 19.3. The molecule has 0 spiro atoms. The number of aromatic amines is 1. The Balaban J connectivity index is 1.36. The number of carboxylic acid groups (broad SMARTS) is 1. The van der Waals surface area contributed by atoms with Crippen molar-refractivity contribution in [2.45, 2.75) is 51.0 Å². The van der Waals surface area contributed by atoms with E-state index >= 15 is 13.2 Å². The van der Waals surface area contributed by atoms with Gasteiger partial charge < -0.3 is 19.6 Å². The number of benzene rings is 2. The lowest BCUT2D eigenvalue weighted by molar-refractivity contribution is -0.141. The Morgan fingerprint density at radius 3 is 2.78 bits per heavy atom. The van der Waals surface area contributed by atoms with E-state index in [1.165, 1.54) is 33.9 Å². The Morgan fingerprint density at radius 1 is 1.12 bits per heavy atom. The number of fused-ring (bicyclic) bond motifs is 9. The lowest BCUT2D eigenvalue weighted by Crippen LogP contribution is -2.32. The summed E-state index contributed by atoms with van der Waals surface area (Å²) in [6, 6.07) is 15.0. The van der Waals surface area contributed by atoms with Gasteiger partial charge in [-0.05, 0) is 43.0 Å². The van der Waals surface area contributed by atoms with Crippen LogP contribution in [-0.4, -0.2) is 58.1 Å². The molecule has 14 heteroatoms. The molecule has 0 saturated carbocycles. The van der Waals surface area contributed by atoms with Crippen molar-refractivity contribution in [2.75, 3.05) is 6.61 Å². The van der Waals surface area contributed by atoms with E-state index in [4.69, 9.17) is 19.6 Å². The lowest BCUT2D eigenvalue weighted by atomic mass is 9.76. The first-order valence-electron chi connectivity index (χ1n) is 16.1. The number of carbonyl (C=O) groups is 1. The summed E-state index contributed by atoms with van der Waals surface area (Å²) in [6.45, 7) is 2.44. The molecule has 11 nitrogen and oxygen atoms in total. The first-order valence-corrected chi connectivity index (χ1v) is 16.1. The number of H-pyrrole nitrogens is 1. The zero-order chi connectivity index (χ0) is 35.2. The van der Waals surface area contributed by atoms with Crippen molar-refractivity contribution in [2.24, 2.45) is 13.0 Å². The van der Waals surface area contributed by atoms with Crippen molar-refractivity contribution >= 4 is 16.9 Å². The van der Waals surface area contributed by atoms with E-state index in [0.717, 1.165) is 5.56 Å². The number of alkyl halides is 2. The van der Waals surface area contributed by atoms with Crippen LogP contribution in [0, 0.1) is 11.7 Å². The monoisotopic (exact) mass is 685 g/mol. The fourth-order valence-electron chi connectivity index (χ4n) is 6.31. The molecule has 2 aromatic carbocycles. The number of pyridine rings is 1. The van der Waals surface area contributed by atoms with Gasteiger partial charge in [0.05, 0.1) is 24.1 Å². The van der Waals surface area contributed by atoms with Gasteiger partial charge in [-0.15, -0.1) is 0 Å². The number of halogens is 3. The molecular formula is C36H34F3N7O4. The smallest absolute Gasteiger partial charge is 0.306 e. The third-order valence-electron chi connectivity index (χ3n) is 9.24. The highest BCUT2D eigenvalue weighted by molar-refractivity contribution is 5.85. The van der Waals surface area contributed by atoms with Gasteiger partial charge in [-0.25, -0.2) is 27.5 Å². The molecule has 1 aliphatic rings. The predicted molar refractivity (Wildman–Crippen MR) is 177 cm³/mol. The van der Waals surface area contributed by atoms with Crippen molar-refractivity contribution in [1.29, 1.82) is 0 Å². The number of rotatable bonds is 4. The minimum atomic E-state index is -3.29. The van der Waals surface area contributed by atoms with Gasteiger partial charge in [-0.2, -0.15) is 10.2 Å². The Bertz CT molecular complexity index is 2210. The summed E-state index contributed by atoms with van der Waals surface area (Å²) in [5, 5.41) is 19.2. The molecule has 5 heterocycles. The molecule has 50 heavy (non-hydrogen) atoms. The molecule has 0 aliphatic carbocycles. The average molecular weight is 686 g/mol. The Hall–Kier alpha value is -5.66. The fourth-order valence-corrected chi connectivity index (χ4v) is 6.31. The van der Waals surface area contributed by atoms with E-state index in [1.807, 2.05) is 18.2 Å². The number of ether oxygens (including phenoxy) is 2. The van der Waals surface area contributed by atoms with E-state index in [1.54, 1.807) is 51.4 Å². The first kappa shape index (κ1) is 32.9. The molecule has 1 aliphatic heterocycles. The third-order valence-corrected chi connectivity index (χ3v) is 9.24. The molecule has 258 valence electrons.